The van der Waals surface area contributed by atoms with E-state index in [9.17, 15) is 13.2 Å². The number of thiophene rings is 1. The van der Waals surface area contributed by atoms with Crippen molar-refractivity contribution < 1.29 is 13.2 Å². The third kappa shape index (κ3) is 3.85. The fourth-order valence-corrected chi connectivity index (χ4v) is 4.17. The third-order valence-corrected chi connectivity index (χ3v) is 5.71. The van der Waals surface area contributed by atoms with Gasteiger partial charge in [-0.2, -0.15) is 0 Å². The molecule has 1 aromatic heterocycles. The Morgan fingerprint density at radius 2 is 1.95 bits per heavy atom. The maximum Gasteiger partial charge on any atom is 0.263 e. The number of nitrogens with two attached hydrogens (primary N) is 1. The normalized spacial score (nSPS) is 10.9. The molecule has 0 saturated heterocycles. The number of hydrogen-bond acceptors (Lipinski definition) is 6. The van der Waals surface area contributed by atoms with E-state index in [0.29, 0.717) is 11.5 Å². The van der Waals surface area contributed by atoms with Crippen LogP contribution >= 0.6 is 11.3 Å². The van der Waals surface area contributed by atoms with Gasteiger partial charge in [-0.15, -0.1) is 24.5 Å². The van der Waals surface area contributed by atoms with Crippen molar-refractivity contribution in [3.8, 4) is 0 Å². The lowest BCUT2D eigenvalue weighted by molar-refractivity contribution is 0.0963. The fraction of sp³-hybridized carbons (Fsp3) is 0.308. The van der Waals surface area contributed by atoms with Crippen LogP contribution < -0.4 is 16.4 Å². The molecule has 0 aliphatic carbocycles. The molecule has 1 amide bonds. The Morgan fingerprint density at radius 3 is 2.48 bits per heavy atom. The average Bonchev–Trinajstić information content (AvgIpc) is 2.80. The maximum atomic E-state index is 12.2. The Kier molecular flexibility index (Phi) is 5.98. The molecule has 0 spiro atoms. The largest absolute Gasteiger partial charge is 0.396 e. The summed E-state index contributed by atoms with van der Waals surface area (Å²) in [5.74, 6) is -0.513. The Bertz CT molecular complexity index is 648. The molecular weight excluding hydrogens is 310 g/mol. The monoisotopic (exact) mass is 329 g/mol. The molecule has 0 unspecified atom stereocenters. The van der Waals surface area contributed by atoms with Crippen LogP contribution in [0.15, 0.2) is 30.2 Å². The van der Waals surface area contributed by atoms with Gasteiger partial charge in [-0.25, -0.2) is 8.42 Å². The molecule has 116 valence electrons. The van der Waals surface area contributed by atoms with Gasteiger partial charge in [-0.05, 0) is 0 Å². The lowest BCUT2D eigenvalue weighted by atomic mass is 10.3. The van der Waals surface area contributed by atoms with E-state index < -0.39 is 15.7 Å². The molecule has 0 saturated carbocycles. The summed E-state index contributed by atoms with van der Waals surface area (Å²) in [4.78, 5) is 12.2. The van der Waals surface area contributed by atoms with Gasteiger partial charge in [0.1, 0.15) is 14.8 Å². The molecule has 0 aliphatic rings. The number of anilines is 2. The second kappa shape index (κ2) is 7.28. The first-order chi connectivity index (χ1) is 9.88. The highest BCUT2D eigenvalue weighted by atomic mass is 32.2. The molecule has 1 rings (SSSR count). The minimum atomic E-state index is -3.53. The molecule has 0 aliphatic heterocycles. The van der Waals surface area contributed by atoms with Crippen molar-refractivity contribution in [1.82, 2.24) is 5.32 Å². The van der Waals surface area contributed by atoms with E-state index in [1.54, 1.807) is 6.08 Å². The van der Waals surface area contributed by atoms with Gasteiger partial charge >= 0.3 is 0 Å². The Labute approximate surface area is 128 Å². The van der Waals surface area contributed by atoms with Crippen molar-refractivity contribution in [3.05, 3.63) is 30.2 Å². The number of sulfone groups is 1. The van der Waals surface area contributed by atoms with E-state index in [0.717, 1.165) is 11.3 Å². The van der Waals surface area contributed by atoms with Crippen LogP contribution in [-0.4, -0.2) is 33.2 Å². The Hall–Kier alpha value is -1.80. The first-order valence-electron chi connectivity index (χ1n) is 6.27. The van der Waals surface area contributed by atoms with Crippen LogP contribution in [0.1, 0.15) is 16.6 Å². The van der Waals surface area contributed by atoms with Crippen molar-refractivity contribution in [2.24, 2.45) is 0 Å². The summed E-state index contributed by atoms with van der Waals surface area (Å²) in [7, 11) is -3.53. The lowest BCUT2D eigenvalue weighted by Crippen LogP contribution is -2.23. The summed E-state index contributed by atoms with van der Waals surface area (Å²) in [6.07, 6.45) is 3.12. The van der Waals surface area contributed by atoms with Gasteiger partial charge < -0.3 is 16.4 Å². The summed E-state index contributed by atoms with van der Waals surface area (Å²) in [5, 5.41) is 5.86. The zero-order valence-electron chi connectivity index (χ0n) is 11.8. The topological polar surface area (TPSA) is 101 Å². The standard InChI is InChI=1S/C13H19N3O3S2/c1-4-7-15-12(17)10-9(14)11(21(18,19)6-3)13(20-10)16-8-5-2/h4-5,16H,1-2,6-8,14H2,3H3,(H,15,17). The van der Waals surface area contributed by atoms with Gasteiger partial charge in [0.25, 0.3) is 5.91 Å². The van der Waals surface area contributed by atoms with Gasteiger partial charge in [0, 0.05) is 13.1 Å². The zero-order valence-corrected chi connectivity index (χ0v) is 13.4. The first kappa shape index (κ1) is 17.3. The SMILES string of the molecule is C=CCNC(=O)c1sc(NCC=C)c(S(=O)(=O)CC)c1N. The molecule has 8 heteroatoms. The highest BCUT2D eigenvalue weighted by Gasteiger charge is 2.28. The molecule has 0 aromatic carbocycles. The quantitative estimate of drug-likeness (QED) is 0.629. The molecule has 21 heavy (non-hydrogen) atoms. The van der Waals surface area contributed by atoms with Crippen molar-refractivity contribution in [2.75, 3.05) is 29.9 Å². The molecule has 4 N–H and O–H groups in total. The summed E-state index contributed by atoms with van der Waals surface area (Å²) in [6.45, 7) is 9.25. The van der Waals surface area contributed by atoms with Crippen molar-refractivity contribution in [1.29, 1.82) is 0 Å². The molecule has 0 atom stereocenters. The maximum absolute atomic E-state index is 12.2. The van der Waals surface area contributed by atoms with E-state index in [1.807, 2.05) is 0 Å². The number of nitrogen functional groups attached to an aromatic ring is 1. The number of carbonyl (C=O) groups is 1. The van der Waals surface area contributed by atoms with Crippen LogP contribution in [-0.2, 0) is 9.84 Å². The summed E-state index contributed by atoms with van der Waals surface area (Å²) in [6, 6.07) is 0. The summed E-state index contributed by atoms with van der Waals surface area (Å²) in [5.41, 5.74) is 5.87. The lowest BCUT2D eigenvalue weighted by Gasteiger charge is -2.06. The van der Waals surface area contributed by atoms with Crippen molar-refractivity contribution in [3.63, 3.8) is 0 Å². The highest BCUT2D eigenvalue weighted by molar-refractivity contribution is 7.91. The number of amides is 1. The van der Waals surface area contributed by atoms with Gasteiger partial charge in [-0.3, -0.25) is 4.79 Å². The third-order valence-electron chi connectivity index (χ3n) is 2.61. The number of hydrogen-bond donors (Lipinski definition) is 3. The van der Waals surface area contributed by atoms with E-state index in [2.05, 4.69) is 23.8 Å². The predicted octanol–water partition coefficient (Wildman–Crippen LogP) is 1.64. The molecule has 0 fully saturated rings. The highest BCUT2D eigenvalue weighted by Crippen LogP contribution is 2.39. The van der Waals surface area contributed by atoms with Crippen LogP contribution in [0.2, 0.25) is 0 Å². The predicted molar refractivity (Wildman–Crippen MR) is 87.7 cm³/mol. The second-order valence-electron chi connectivity index (χ2n) is 4.07. The molecular formula is C13H19N3O3S2. The van der Waals surface area contributed by atoms with Gasteiger partial charge in [0.15, 0.2) is 9.84 Å². The molecule has 1 aromatic rings. The van der Waals surface area contributed by atoms with E-state index in [-0.39, 0.29) is 27.8 Å². The van der Waals surface area contributed by atoms with Crippen LogP contribution in [0.5, 0.6) is 0 Å². The smallest absolute Gasteiger partial charge is 0.263 e. The van der Waals surface area contributed by atoms with Crippen molar-refractivity contribution in [2.45, 2.75) is 11.8 Å². The zero-order chi connectivity index (χ0) is 16.0. The van der Waals surface area contributed by atoms with Gasteiger partial charge in [0.05, 0.1) is 11.4 Å². The van der Waals surface area contributed by atoms with E-state index >= 15 is 0 Å². The van der Waals surface area contributed by atoms with Gasteiger partial charge in [-0.1, -0.05) is 19.1 Å². The van der Waals surface area contributed by atoms with Crippen LogP contribution in [0, 0.1) is 0 Å². The van der Waals surface area contributed by atoms with E-state index in [1.165, 1.54) is 13.0 Å². The van der Waals surface area contributed by atoms with Crippen LogP contribution in [0.3, 0.4) is 0 Å². The minimum Gasteiger partial charge on any atom is -0.396 e. The van der Waals surface area contributed by atoms with Gasteiger partial charge in [0.2, 0.25) is 0 Å². The second-order valence-corrected chi connectivity index (χ2v) is 7.31. The summed E-state index contributed by atoms with van der Waals surface area (Å²) >= 11 is 1.02. The molecule has 0 bridgehead atoms. The summed E-state index contributed by atoms with van der Waals surface area (Å²) < 4.78 is 24.3. The number of rotatable bonds is 8. The van der Waals surface area contributed by atoms with Crippen LogP contribution in [0.25, 0.3) is 0 Å². The molecule has 1 heterocycles. The van der Waals surface area contributed by atoms with E-state index in [4.69, 9.17) is 5.73 Å². The fourth-order valence-electron chi connectivity index (χ4n) is 1.58. The average molecular weight is 329 g/mol. The molecule has 0 radical (unpaired) electrons. The van der Waals surface area contributed by atoms with Crippen LogP contribution in [0.4, 0.5) is 10.7 Å². The minimum absolute atomic E-state index is 0.0133. The van der Waals surface area contributed by atoms with Crippen molar-refractivity contribution >= 4 is 37.8 Å². The first-order valence-corrected chi connectivity index (χ1v) is 8.74. The number of carbonyl (C=O) groups excluding carboxylic acids is 1. The Balaban J connectivity index is 3.33. The Morgan fingerprint density at radius 1 is 1.33 bits per heavy atom. The number of nitrogens with one attached hydrogen (secondary N) is 2. The molecule has 6 nitrogen and oxygen atoms in total.